The molecule has 3 rings (SSSR count). The van der Waals surface area contributed by atoms with Crippen LogP contribution in [0.3, 0.4) is 0 Å². The number of fused-ring (bicyclic) bond motifs is 1. The minimum absolute atomic E-state index is 0.181. The first-order valence-electron chi connectivity index (χ1n) is 8.27. The molecule has 3 aromatic rings. The number of benzene rings is 1. The average Bonchev–Trinajstić information content (AvgIpc) is 3.05. The summed E-state index contributed by atoms with van der Waals surface area (Å²) >= 11 is 0. The molecule has 0 aliphatic rings. The average molecular weight is 359 g/mol. The molecule has 0 aliphatic carbocycles. The van der Waals surface area contributed by atoms with Crippen molar-refractivity contribution >= 4 is 11.7 Å². The van der Waals surface area contributed by atoms with E-state index in [1.165, 1.54) is 12.4 Å². The van der Waals surface area contributed by atoms with Crippen LogP contribution in [0.15, 0.2) is 24.5 Å². The van der Waals surface area contributed by atoms with Gasteiger partial charge in [0, 0.05) is 17.8 Å². The summed E-state index contributed by atoms with van der Waals surface area (Å²) in [5.74, 6) is -1.49. The fourth-order valence-corrected chi connectivity index (χ4v) is 2.93. The largest absolute Gasteiger partial charge is 0.350 e. The zero-order valence-corrected chi connectivity index (χ0v) is 14.8. The fraction of sp³-hybridized carbons (Fsp3) is 0.333. The molecule has 0 fully saturated rings. The Morgan fingerprint density at radius 1 is 1.27 bits per heavy atom. The number of aryl methyl sites for hydroxylation is 2. The van der Waals surface area contributed by atoms with Gasteiger partial charge in [0.15, 0.2) is 11.6 Å². The van der Waals surface area contributed by atoms with Crippen molar-refractivity contribution in [2.75, 3.05) is 0 Å². The molecule has 0 unspecified atom stereocenters. The molecule has 136 valence electrons. The van der Waals surface area contributed by atoms with Crippen LogP contribution in [0.4, 0.5) is 8.78 Å². The van der Waals surface area contributed by atoms with Crippen LogP contribution in [0.1, 0.15) is 41.9 Å². The summed E-state index contributed by atoms with van der Waals surface area (Å²) in [6.45, 7) is 5.51. The quantitative estimate of drug-likeness (QED) is 0.760. The normalized spacial score (nSPS) is 12.3. The third-order valence-corrected chi connectivity index (χ3v) is 4.41. The SMILES string of the molecule is Cc1nc2ncnn2c(C)c1CCC(=O)N[C@H](C)c1ccc(F)c(F)c1. The summed E-state index contributed by atoms with van der Waals surface area (Å²) in [6.07, 6.45) is 2.18. The van der Waals surface area contributed by atoms with Crippen LogP contribution in [0, 0.1) is 25.5 Å². The molecule has 2 heterocycles. The van der Waals surface area contributed by atoms with E-state index in [1.54, 1.807) is 11.4 Å². The Morgan fingerprint density at radius 2 is 2.04 bits per heavy atom. The number of amides is 1. The summed E-state index contributed by atoms with van der Waals surface area (Å²) < 4.78 is 28.0. The minimum atomic E-state index is -0.929. The van der Waals surface area contributed by atoms with E-state index in [0.717, 1.165) is 29.1 Å². The standard InChI is InChI=1S/C18H19F2N5O/c1-10(13-4-6-15(19)16(20)8-13)23-17(26)7-5-14-11(2)24-18-21-9-22-25(18)12(14)3/h4,6,8-10H,5,7H2,1-3H3,(H,23,26)/t10-/m1/s1. The fourth-order valence-electron chi connectivity index (χ4n) is 2.93. The second-order valence-electron chi connectivity index (χ2n) is 6.20. The maximum Gasteiger partial charge on any atom is 0.252 e. The van der Waals surface area contributed by atoms with Crippen molar-refractivity contribution in [2.45, 2.75) is 39.7 Å². The Balaban J connectivity index is 1.66. The predicted molar refractivity (Wildman–Crippen MR) is 91.5 cm³/mol. The van der Waals surface area contributed by atoms with E-state index in [1.807, 2.05) is 13.8 Å². The van der Waals surface area contributed by atoms with E-state index < -0.39 is 17.7 Å². The molecule has 1 atom stereocenters. The highest BCUT2D eigenvalue weighted by atomic mass is 19.2. The van der Waals surface area contributed by atoms with Crippen molar-refractivity contribution in [1.82, 2.24) is 24.9 Å². The monoisotopic (exact) mass is 359 g/mol. The van der Waals surface area contributed by atoms with Crippen molar-refractivity contribution in [3.63, 3.8) is 0 Å². The molecule has 2 aromatic heterocycles. The van der Waals surface area contributed by atoms with Gasteiger partial charge in [-0.05, 0) is 50.5 Å². The van der Waals surface area contributed by atoms with E-state index in [0.29, 0.717) is 17.8 Å². The summed E-state index contributed by atoms with van der Waals surface area (Å²) in [4.78, 5) is 20.7. The number of hydrogen-bond donors (Lipinski definition) is 1. The van der Waals surface area contributed by atoms with Crippen molar-refractivity contribution in [1.29, 1.82) is 0 Å². The van der Waals surface area contributed by atoms with Crippen molar-refractivity contribution in [3.05, 3.63) is 58.7 Å². The first-order valence-corrected chi connectivity index (χ1v) is 8.27. The molecular formula is C18H19F2N5O. The molecule has 0 saturated heterocycles. The van der Waals surface area contributed by atoms with Crippen LogP contribution in [-0.2, 0) is 11.2 Å². The van der Waals surface area contributed by atoms with E-state index in [4.69, 9.17) is 0 Å². The van der Waals surface area contributed by atoms with Gasteiger partial charge in [-0.15, -0.1) is 0 Å². The van der Waals surface area contributed by atoms with Crippen LogP contribution in [-0.4, -0.2) is 25.5 Å². The third-order valence-electron chi connectivity index (χ3n) is 4.41. The summed E-state index contributed by atoms with van der Waals surface area (Å²) in [5, 5.41) is 6.93. The Morgan fingerprint density at radius 3 is 2.77 bits per heavy atom. The third kappa shape index (κ3) is 3.54. The van der Waals surface area contributed by atoms with Crippen LogP contribution < -0.4 is 5.32 Å². The molecule has 0 saturated carbocycles. The number of carbonyl (C=O) groups is 1. The molecule has 1 amide bonds. The van der Waals surface area contributed by atoms with Gasteiger partial charge in [0.1, 0.15) is 6.33 Å². The number of rotatable bonds is 5. The maximum atomic E-state index is 13.3. The summed E-state index contributed by atoms with van der Waals surface area (Å²) in [6, 6.07) is 3.19. The molecule has 8 heteroatoms. The predicted octanol–water partition coefficient (Wildman–Crippen LogP) is 2.83. The van der Waals surface area contributed by atoms with Gasteiger partial charge in [-0.1, -0.05) is 6.07 Å². The highest BCUT2D eigenvalue weighted by molar-refractivity contribution is 5.76. The highest BCUT2D eigenvalue weighted by Gasteiger charge is 2.15. The van der Waals surface area contributed by atoms with Gasteiger partial charge in [-0.3, -0.25) is 4.79 Å². The second-order valence-corrected chi connectivity index (χ2v) is 6.20. The number of carbonyl (C=O) groups excluding carboxylic acids is 1. The maximum absolute atomic E-state index is 13.3. The highest BCUT2D eigenvalue weighted by Crippen LogP contribution is 2.18. The van der Waals surface area contributed by atoms with Crippen LogP contribution in [0.2, 0.25) is 0 Å². The molecule has 1 N–H and O–H groups in total. The zero-order chi connectivity index (χ0) is 18.8. The van der Waals surface area contributed by atoms with Gasteiger partial charge in [0.2, 0.25) is 5.91 Å². The molecule has 0 spiro atoms. The van der Waals surface area contributed by atoms with Crippen LogP contribution in [0.25, 0.3) is 5.78 Å². The van der Waals surface area contributed by atoms with Crippen molar-refractivity contribution in [2.24, 2.45) is 0 Å². The van der Waals surface area contributed by atoms with Crippen molar-refractivity contribution in [3.8, 4) is 0 Å². The number of nitrogens with zero attached hydrogens (tertiary/aromatic N) is 4. The number of aromatic nitrogens is 4. The Bertz CT molecular complexity index is 970. The van der Waals surface area contributed by atoms with Gasteiger partial charge in [-0.25, -0.2) is 18.3 Å². The number of halogens is 2. The smallest absolute Gasteiger partial charge is 0.252 e. The lowest BCUT2D eigenvalue weighted by Gasteiger charge is -2.15. The van der Waals surface area contributed by atoms with Crippen LogP contribution >= 0.6 is 0 Å². The summed E-state index contributed by atoms with van der Waals surface area (Å²) in [5.41, 5.74) is 3.16. The van der Waals surface area contributed by atoms with Crippen molar-refractivity contribution < 1.29 is 13.6 Å². The Kier molecular flexibility index (Phi) is 4.92. The lowest BCUT2D eigenvalue weighted by atomic mass is 10.1. The zero-order valence-electron chi connectivity index (χ0n) is 14.8. The van der Waals surface area contributed by atoms with E-state index in [2.05, 4.69) is 20.4 Å². The number of hydrogen-bond acceptors (Lipinski definition) is 4. The van der Waals surface area contributed by atoms with E-state index >= 15 is 0 Å². The minimum Gasteiger partial charge on any atom is -0.350 e. The van der Waals surface area contributed by atoms with Gasteiger partial charge in [0.25, 0.3) is 5.78 Å². The van der Waals surface area contributed by atoms with Gasteiger partial charge in [0.05, 0.1) is 6.04 Å². The molecule has 1 aromatic carbocycles. The summed E-state index contributed by atoms with van der Waals surface area (Å²) in [7, 11) is 0. The molecule has 0 bridgehead atoms. The lowest BCUT2D eigenvalue weighted by Crippen LogP contribution is -2.27. The topological polar surface area (TPSA) is 72.2 Å². The Labute approximate surface area is 149 Å². The first kappa shape index (κ1) is 17.9. The van der Waals surface area contributed by atoms with Gasteiger partial charge in [-0.2, -0.15) is 10.1 Å². The molecule has 0 aliphatic heterocycles. The lowest BCUT2D eigenvalue weighted by molar-refractivity contribution is -0.121. The molecule has 6 nitrogen and oxygen atoms in total. The Hall–Kier alpha value is -2.90. The van der Waals surface area contributed by atoms with E-state index in [9.17, 15) is 13.6 Å². The molecular weight excluding hydrogens is 340 g/mol. The second kappa shape index (κ2) is 7.15. The molecule has 26 heavy (non-hydrogen) atoms. The first-order chi connectivity index (χ1) is 12.4. The van der Waals surface area contributed by atoms with E-state index in [-0.39, 0.29) is 12.3 Å². The molecule has 0 radical (unpaired) electrons. The number of nitrogens with one attached hydrogen (secondary N) is 1. The van der Waals surface area contributed by atoms with Gasteiger partial charge >= 0.3 is 0 Å². The van der Waals surface area contributed by atoms with Crippen LogP contribution in [0.5, 0.6) is 0 Å². The van der Waals surface area contributed by atoms with Gasteiger partial charge < -0.3 is 5.32 Å².